The Morgan fingerprint density at radius 2 is 1.85 bits per heavy atom. The summed E-state index contributed by atoms with van der Waals surface area (Å²) in [5.41, 5.74) is 4.67. The number of hydrogen-bond acceptors (Lipinski definition) is 4. The van der Waals surface area contributed by atoms with Crippen LogP contribution in [0.5, 0.6) is 0 Å². The van der Waals surface area contributed by atoms with Crippen LogP contribution >= 0.6 is 11.3 Å². The molecule has 0 saturated carbocycles. The van der Waals surface area contributed by atoms with Crippen molar-refractivity contribution in [2.24, 2.45) is 0 Å². The minimum absolute atomic E-state index is 0.0438. The minimum atomic E-state index is -0.0438. The summed E-state index contributed by atoms with van der Waals surface area (Å²) in [5.74, 6) is 0.673. The number of hydrogen-bond donors (Lipinski definition) is 1. The Bertz CT molecular complexity index is 907. The van der Waals surface area contributed by atoms with Gasteiger partial charge in [-0.15, -0.1) is 11.3 Å². The van der Waals surface area contributed by atoms with Crippen molar-refractivity contribution in [1.82, 2.24) is 15.0 Å². The molecule has 0 unspecified atom stereocenters. The van der Waals surface area contributed by atoms with E-state index in [9.17, 15) is 4.79 Å². The molecule has 4 nitrogen and oxygen atoms in total. The number of aromatic amines is 1. The van der Waals surface area contributed by atoms with Crippen molar-refractivity contribution in [3.63, 3.8) is 0 Å². The zero-order valence-electron chi connectivity index (χ0n) is 11.5. The summed E-state index contributed by atoms with van der Waals surface area (Å²) in [5, 5.41) is 1.12. The average Bonchev–Trinajstić information content (AvgIpc) is 2.78. The highest BCUT2D eigenvalue weighted by atomic mass is 32.1. The first-order valence-corrected chi connectivity index (χ1v) is 7.78. The number of pyridine rings is 1. The van der Waals surface area contributed by atoms with Crippen molar-refractivity contribution in [3.8, 4) is 0 Å². The maximum absolute atomic E-state index is 12.1. The molecule has 3 aromatic rings. The van der Waals surface area contributed by atoms with Gasteiger partial charge < -0.3 is 4.98 Å². The number of aryl methyl sites for hydroxylation is 3. The highest BCUT2D eigenvalue weighted by molar-refractivity contribution is 7.25. The summed E-state index contributed by atoms with van der Waals surface area (Å²) in [6.07, 6.45) is 4.62. The zero-order valence-corrected chi connectivity index (χ0v) is 12.4. The van der Waals surface area contributed by atoms with E-state index in [-0.39, 0.29) is 5.56 Å². The van der Waals surface area contributed by atoms with Gasteiger partial charge in [0.2, 0.25) is 0 Å². The van der Waals surface area contributed by atoms with Crippen LogP contribution < -0.4 is 5.56 Å². The number of nitrogens with one attached hydrogen (secondary N) is 1. The predicted octanol–water partition coefficient (Wildman–Crippen LogP) is 3.03. The summed E-state index contributed by atoms with van der Waals surface area (Å²) >= 11 is 1.47. The molecular weight excluding hydrogens is 270 g/mol. The second kappa shape index (κ2) is 4.12. The largest absolute Gasteiger partial charge is 0.310 e. The topological polar surface area (TPSA) is 58.6 Å². The van der Waals surface area contributed by atoms with Crippen molar-refractivity contribution in [3.05, 3.63) is 33.0 Å². The Kier molecular flexibility index (Phi) is 2.48. The Morgan fingerprint density at radius 3 is 2.65 bits per heavy atom. The van der Waals surface area contributed by atoms with Crippen molar-refractivity contribution in [2.75, 3.05) is 0 Å². The third kappa shape index (κ3) is 1.56. The van der Waals surface area contributed by atoms with Crippen molar-refractivity contribution in [1.29, 1.82) is 0 Å². The van der Waals surface area contributed by atoms with Gasteiger partial charge in [0.1, 0.15) is 15.4 Å². The number of thiophene rings is 1. The second-order valence-electron chi connectivity index (χ2n) is 5.47. The molecule has 0 saturated heterocycles. The van der Waals surface area contributed by atoms with Crippen LogP contribution in [0.15, 0.2) is 4.79 Å². The van der Waals surface area contributed by atoms with Crippen LogP contribution in [0.2, 0.25) is 0 Å². The standard InChI is InChI=1S/C15H15N3OS/c1-7-9-5-3-4-6-10(9)11-12-13(20-15(11)16-7)14(19)18-8(2)17-12/h3-6H2,1-2H3,(H,17,18,19). The lowest BCUT2D eigenvalue weighted by Gasteiger charge is -2.18. The van der Waals surface area contributed by atoms with E-state index in [2.05, 4.69) is 16.9 Å². The van der Waals surface area contributed by atoms with Crippen LogP contribution in [0.25, 0.3) is 20.4 Å². The summed E-state index contributed by atoms with van der Waals surface area (Å²) in [4.78, 5) is 25.2. The summed E-state index contributed by atoms with van der Waals surface area (Å²) in [6, 6.07) is 0. The highest BCUT2D eigenvalue weighted by Gasteiger charge is 2.21. The fourth-order valence-electron chi connectivity index (χ4n) is 3.24. The molecule has 0 aliphatic heterocycles. The normalized spacial score (nSPS) is 14.9. The van der Waals surface area contributed by atoms with Gasteiger partial charge in [-0.25, -0.2) is 9.97 Å². The van der Waals surface area contributed by atoms with Gasteiger partial charge in [-0.1, -0.05) is 0 Å². The number of nitrogens with zero attached hydrogens (tertiary/aromatic N) is 2. The minimum Gasteiger partial charge on any atom is -0.310 e. The van der Waals surface area contributed by atoms with E-state index in [0.717, 1.165) is 34.3 Å². The molecule has 102 valence electrons. The van der Waals surface area contributed by atoms with Crippen molar-refractivity contribution >= 4 is 31.8 Å². The van der Waals surface area contributed by atoms with Gasteiger partial charge >= 0.3 is 0 Å². The van der Waals surface area contributed by atoms with Gasteiger partial charge in [0, 0.05) is 11.1 Å². The maximum Gasteiger partial charge on any atom is 0.268 e. The van der Waals surface area contributed by atoms with E-state index in [1.54, 1.807) is 0 Å². The molecule has 0 bridgehead atoms. The van der Waals surface area contributed by atoms with E-state index in [4.69, 9.17) is 4.98 Å². The highest BCUT2D eigenvalue weighted by Crippen LogP contribution is 2.37. The lowest BCUT2D eigenvalue weighted by molar-refractivity contribution is 0.683. The smallest absolute Gasteiger partial charge is 0.268 e. The molecule has 3 aromatic heterocycles. The molecular formula is C15H15N3OS. The first-order valence-electron chi connectivity index (χ1n) is 6.96. The molecule has 0 atom stereocenters. The Balaban J connectivity index is 2.25. The molecule has 4 rings (SSSR count). The van der Waals surface area contributed by atoms with E-state index < -0.39 is 0 Å². The molecule has 3 heterocycles. The molecule has 0 spiro atoms. The van der Waals surface area contributed by atoms with Crippen molar-refractivity contribution in [2.45, 2.75) is 39.5 Å². The van der Waals surface area contributed by atoms with Gasteiger partial charge in [-0.05, 0) is 50.7 Å². The maximum atomic E-state index is 12.1. The molecule has 1 aliphatic rings. The number of rotatable bonds is 0. The Morgan fingerprint density at radius 1 is 1.10 bits per heavy atom. The van der Waals surface area contributed by atoms with Gasteiger partial charge in [0.15, 0.2) is 0 Å². The quantitative estimate of drug-likeness (QED) is 0.690. The fourth-order valence-corrected chi connectivity index (χ4v) is 4.33. The van der Waals surface area contributed by atoms with Gasteiger partial charge in [-0.2, -0.15) is 0 Å². The van der Waals surface area contributed by atoms with Gasteiger partial charge in [0.25, 0.3) is 5.56 Å². The molecule has 5 heteroatoms. The molecule has 0 fully saturated rings. The second-order valence-corrected chi connectivity index (χ2v) is 6.47. The van der Waals surface area contributed by atoms with E-state index in [0.29, 0.717) is 10.5 Å². The predicted molar refractivity (Wildman–Crippen MR) is 81.7 cm³/mol. The van der Waals surface area contributed by atoms with Crippen molar-refractivity contribution < 1.29 is 0 Å². The number of H-pyrrole nitrogens is 1. The summed E-state index contributed by atoms with van der Waals surface area (Å²) in [6.45, 7) is 3.91. The molecule has 0 amide bonds. The third-order valence-electron chi connectivity index (χ3n) is 4.12. The molecule has 0 radical (unpaired) electrons. The van der Waals surface area contributed by atoms with E-state index in [1.165, 1.54) is 35.3 Å². The van der Waals surface area contributed by atoms with Crippen LogP contribution in [-0.4, -0.2) is 15.0 Å². The fraction of sp³-hybridized carbons (Fsp3) is 0.400. The van der Waals surface area contributed by atoms with Crippen LogP contribution in [0.3, 0.4) is 0 Å². The monoisotopic (exact) mass is 285 g/mol. The van der Waals surface area contributed by atoms with E-state index in [1.807, 2.05) is 6.92 Å². The number of fused-ring (bicyclic) bond motifs is 5. The van der Waals surface area contributed by atoms with E-state index >= 15 is 0 Å². The van der Waals surface area contributed by atoms with Crippen LogP contribution in [-0.2, 0) is 12.8 Å². The van der Waals surface area contributed by atoms with Crippen LogP contribution in [0, 0.1) is 13.8 Å². The molecule has 20 heavy (non-hydrogen) atoms. The molecule has 1 N–H and O–H groups in total. The lowest BCUT2D eigenvalue weighted by Crippen LogP contribution is -2.09. The first-order chi connectivity index (χ1) is 9.65. The van der Waals surface area contributed by atoms with Crippen LogP contribution in [0.1, 0.15) is 35.5 Å². The SMILES string of the molecule is Cc1nc2c(sc3nc(C)c4c(c32)CCCC4)c(=O)[nH]1. The molecule has 0 aromatic carbocycles. The summed E-state index contributed by atoms with van der Waals surface area (Å²) < 4.78 is 0.705. The lowest BCUT2D eigenvalue weighted by atomic mass is 9.89. The van der Waals surface area contributed by atoms with Gasteiger partial charge in [-0.3, -0.25) is 4.79 Å². The van der Waals surface area contributed by atoms with Gasteiger partial charge in [0.05, 0.1) is 5.52 Å². The number of aromatic nitrogens is 3. The summed E-state index contributed by atoms with van der Waals surface area (Å²) in [7, 11) is 0. The zero-order chi connectivity index (χ0) is 13.9. The van der Waals surface area contributed by atoms with Crippen LogP contribution in [0.4, 0.5) is 0 Å². The Labute approximate surface area is 119 Å². The Hall–Kier alpha value is -1.75. The first kappa shape index (κ1) is 12.0. The third-order valence-corrected chi connectivity index (χ3v) is 5.19. The molecule has 1 aliphatic carbocycles. The average molecular weight is 285 g/mol.